The van der Waals surface area contributed by atoms with Gasteiger partial charge in [-0.1, -0.05) is 0 Å². The second kappa shape index (κ2) is 4.53. The van der Waals surface area contributed by atoms with Crippen LogP contribution in [-0.4, -0.2) is 14.7 Å². The first-order valence-electron chi connectivity index (χ1n) is 5.77. The molecule has 1 atom stereocenters. The maximum absolute atomic E-state index is 13.2. The lowest BCUT2D eigenvalue weighted by molar-refractivity contribution is 0.507. The molecule has 0 unspecified atom stereocenters. The minimum absolute atomic E-state index is 0.450. The number of fused-ring (bicyclic) bond motifs is 1. The second-order valence-corrected chi connectivity index (χ2v) is 7.23. The largest absolute Gasteiger partial charge is 0.234 e. The average Bonchev–Trinajstić information content (AvgIpc) is 2.61. The molecule has 1 aliphatic carbocycles. The van der Waals surface area contributed by atoms with Crippen LogP contribution in [0.5, 0.6) is 0 Å². The van der Waals surface area contributed by atoms with Gasteiger partial charge in [0.05, 0.1) is 10.5 Å². The predicted octanol–water partition coefficient (Wildman–Crippen LogP) is 3.16. The van der Waals surface area contributed by atoms with E-state index in [4.69, 9.17) is 0 Å². The Morgan fingerprint density at radius 3 is 2.39 bits per heavy atom. The summed E-state index contributed by atoms with van der Waals surface area (Å²) in [5.74, 6) is -1.73. The van der Waals surface area contributed by atoms with Crippen molar-refractivity contribution in [1.29, 1.82) is 0 Å². The fourth-order valence-electron chi connectivity index (χ4n) is 1.78. The van der Waals surface area contributed by atoms with Crippen molar-refractivity contribution in [2.45, 2.75) is 38.4 Å². The molecule has 0 saturated carbocycles. The fraction of sp³-hybridized carbons (Fsp3) is 0.462. The molecule has 1 aromatic carbocycles. The van der Waals surface area contributed by atoms with Crippen molar-refractivity contribution in [3.63, 3.8) is 0 Å². The number of hydrogen-bond acceptors (Lipinski definition) is 1. The molecule has 0 bridgehead atoms. The highest BCUT2D eigenvalue weighted by molar-refractivity contribution is 7.85. The summed E-state index contributed by atoms with van der Waals surface area (Å²) in [6, 6.07) is 2.35. The summed E-state index contributed by atoms with van der Waals surface area (Å²) in [6.07, 6.45) is 1.20. The molecule has 0 aromatic heterocycles. The summed E-state index contributed by atoms with van der Waals surface area (Å²) in [5.41, 5.74) is 1.93. The van der Waals surface area contributed by atoms with Crippen LogP contribution in [0.1, 0.15) is 38.3 Å². The Labute approximate surface area is 108 Å². The summed E-state index contributed by atoms with van der Waals surface area (Å²) in [5, 5.41) is 0. The molecular formula is C13H15F2NOS. The van der Waals surface area contributed by atoms with Gasteiger partial charge in [0, 0.05) is 5.56 Å². The average molecular weight is 271 g/mol. The molecule has 18 heavy (non-hydrogen) atoms. The van der Waals surface area contributed by atoms with Crippen LogP contribution in [0, 0.1) is 11.6 Å². The minimum atomic E-state index is -1.37. The van der Waals surface area contributed by atoms with Crippen molar-refractivity contribution in [1.82, 2.24) is 0 Å². The van der Waals surface area contributed by atoms with Gasteiger partial charge in [0.2, 0.25) is 0 Å². The third-order valence-corrected chi connectivity index (χ3v) is 4.24. The van der Waals surface area contributed by atoms with Crippen LogP contribution >= 0.6 is 0 Å². The number of aryl methyl sites for hydroxylation is 1. The summed E-state index contributed by atoms with van der Waals surface area (Å²) >= 11 is 0. The van der Waals surface area contributed by atoms with Crippen molar-refractivity contribution in [3.8, 4) is 0 Å². The number of benzene rings is 1. The van der Waals surface area contributed by atoms with E-state index >= 15 is 0 Å². The number of halogens is 2. The molecule has 0 spiro atoms. The molecule has 1 aliphatic rings. The van der Waals surface area contributed by atoms with Crippen LogP contribution in [0.4, 0.5) is 8.78 Å². The fourth-order valence-corrected chi connectivity index (χ4v) is 2.45. The first-order valence-corrected chi connectivity index (χ1v) is 6.87. The zero-order chi connectivity index (χ0) is 13.5. The van der Waals surface area contributed by atoms with Gasteiger partial charge in [0.1, 0.15) is 11.0 Å². The van der Waals surface area contributed by atoms with Gasteiger partial charge in [-0.05, 0) is 51.3 Å². The molecule has 1 aromatic rings. The minimum Gasteiger partial charge on any atom is -0.234 e. The molecule has 0 amide bonds. The monoisotopic (exact) mass is 271 g/mol. The third kappa shape index (κ3) is 2.51. The third-order valence-electron chi connectivity index (χ3n) is 2.81. The topological polar surface area (TPSA) is 29.4 Å². The van der Waals surface area contributed by atoms with Gasteiger partial charge < -0.3 is 0 Å². The van der Waals surface area contributed by atoms with Gasteiger partial charge >= 0.3 is 0 Å². The number of nitrogens with zero attached hydrogens (tertiary/aromatic N) is 1. The molecule has 2 rings (SSSR count). The normalized spacial score (nSPS) is 19.1. The Balaban J connectivity index is 2.41. The molecule has 5 heteroatoms. The Hall–Kier alpha value is -1.10. The highest BCUT2D eigenvalue weighted by Gasteiger charge is 2.24. The van der Waals surface area contributed by atoms with Crippen molar-refractivity contribution >= 4 is 16.7 Å². The van der Waals surface area contributed by atoms with Crippen LogP contribution in [0.15, 0.2) is 16.5 Å². The van der Waals surface area contributed by atoms with Gasteiger partial charge in [-0.15, -0.1) is 0 Å². The van der Waals surface area contributed by atoms with E-state index in [0.717, 1.165) is 11.6 Å². The van der Waals surface area contributed by atoms with E-state index in [-0.39, 0.29) is 0 Å². The van der Waals surface area contributed by atoms with E-state index in [0.29, 0.717) is 24.1 Å². The maximum Gasteiger partial charge on any atom is 0.159 e. The Bertz CT molecular complexity index is 547. The van der Waals surface area contributed by atoms with E-state index in [1.54, 1.807) is 0 Å². The number of rotatable bonds is 1. The first-order chi connectivity index (χ1) is 8.29. The lowest BCUT2D eigenvalue weighted by Gasteiger charge is -2.14. The van der Waals surface area contributed by atoms with E-state index in [9.17, 15) is 13.0 Å². The van der Waals surface area contributed by atoms with Crippen LogP contribution in [0.25, 0.3) is 0 Å². The highest BCUT2D eigenvalue weighted by Crippen LogP contribution is 2.26. The molecule has 0 aliphatic heterocycles. The molecule has 0 N–H and O–H groups in total. The lowest BCUT2D eigenvalue weighted by Crippen LogP contribution is -2.20. The Morgan fingerprint density at radius 1 is 1.17 bits per heavy atom. The van der Waals surface area contributed by atoms with Gasteiger partial charge in [-0.3, -0.25) is 0 Å². The van der Waals surface area contributed by atoms with Crippen LogP contribution < -0.4 is 0 Å². The van der Waals surface area contributed by atoms with Gasteiger partial charge in [0.25, 0.3) is 0 Å². The Morgan fingerprint density at radius 2 is 1.78 bits per heavy atom. The van der Waals surface area contributed by atoms with Gasteiger partial charge in [-0.25, -0.2) is 13.0 Å². The molecule has 0 radical (unpaired) electrons. The van der Waals surface area contributed by atoms with Crippen molar-refractivity contribution in [2.24, 2.45) is 4.40 Å². The summed E-state index contributed by atoms with van der Waals surface area (Å²) in [4.78, 5) is 0. The lowest BCUT2D eigenvalue weighted by atomic mass is 10.1. The smallest absolute Gasteiger partial charge is 0.159 e. The predicted molar refractivity (Wildman–Crippen MR) is 69.1 cm³/mol. The van der Waals surface area contributed by atoms with E-state index < -0.39 is 27.4 Å². The van der Waals surface area contributed by atoms with Crippen molar-refractivity contribution in [2.75, 3.05) is 0 Å². The number of hydrogen-bond donors (Lipinski definition) is 0. The van der Waals surface area contributed by atoms with E-state index in [1.165, 1.54) is 6.07 Å². The van der Waals surface area contributed by atoms with Crippen LogP contribution in [-0.2, 0) is 17.4 Å². The molecule has 98 valence electrons. The zero-order valence-corrected chi connectivity index (χ0v) is 11.4. The van der Waals surface area contributed by atoms with Crippen LogP contribution in [0.3, 0.4) is 0 Å². The summed E-state index contributed by atoms with van der Waals surface area (Å²) in [7, 11) is -1.37. The standard InChI is InChI=1S/C13H15F2NOS/c1-13(2,3)18(17)16-12-5-4-8-6-10(14)11(15)7-9(8)12/h6-7H,4-5H2,1-3H3/b16-12+/t18-/m0/s1. The maximum atomic E-state index is 13.2. The molecule has 0 heterocycles. The Kier molecular flexibility index (Phi) is 3.36. The molecular weight excluding hydrogens is 256 g/mol. The van der Waals surface area contributed by atoms with Crippen molar-refractivity contribution in [3.05, 3.63) is 34.9 Å². The van der Waals surface area contributed by atoms with Gasteiger partial charge in [-0.2, -0.15) is 4.40 Å². The highest BCUT2D eigenvalue weighted by atomic mass is 32.2. The van der Waals surface area contributed by atoms with E-state index in [2.05, 4.69) is 4.40 Å². The first kappa shape index (κ1) is 13.3. The van der Waals surface area contributed by atoms with Crippen molar-refractivity contribution < 1.29 is 13.0 Å². The van der Waals surface area contributed by atoms with E-state index in [1.807, 2.05) is 20.8 Å². The molecule has 2 nitrogen and oxygen atoms in total. The SMILES string of the molecule is CC(C)(C)[S@](=O)/N=C1\CCc2cc(F)c(F)cc21. The molecule has 0 saturated heterocycles. The van der Waals surface area contributed by atoms with Gasteiger partial charge in [0.15, 0.2) is 11.6 Å². The zero-order valence-electron chi connectivity index (χ0n) is 10.6. The van der Waals surface area contributed by atoms with Crippen LogP contribution in [0.2, 0.25) is 0 Å². The molecule has 0 fully saturated rings. The summed E-state index contributed by atoms with van der Waals surface area (Å²) in [6.45, 7) is 5.48. The second-order valence-electron chi connectivity index (χ2n) is 5.32. The summed E-state index contributed by atoms with van der Waals surface area (Å²) < 4.78 is 41.9. The quantitative estimate of drug-likeness (QED) is 0.771.